The van der Waals surface area contributed by atoms with E-state index in [-0.39, 0.29) is 17.7 Å². The number of rotatable bonds is 5. The van der Waals surface area contributed by atoms with Crippen LogP contribution < -0.4 is 5.32 Å². The molecule has 1 aliphatic rings. The van der Waals surface area contributed by atoms with Crippen LogP contribution in [-0.2, 0) is 14.6 Å². The van der Waals surface area contributed by atoms with Crippen molar-refractivity contribution in [3.63, 3.8) is 0 Å². The van der Waals surface area contributed by atoms with E-state index in [4.69, 9.17) is 0 Å². The molecule has 1 fully saturated rings. The molecule has 1 rings (SSSR count). The van der Waals surface area contributed by atoms with Crippen LogP contribution in [0.2, 0.25) is 0 Å². The zero-order chi connectivity index (χ0) is 12.9. The summed E-state index contributed by atoms with van der Waals surface area (Å²) >= 11 is 0. The van der Waals surface area contributed by atoms with Crippen LogP contribution in [0, 0.1) is 0 Å². The number of nitrogens with zero attached hydrogens (tertiary/aromatic N) is 1. The fourth-order valence-corrected chi connectivity index (χ4v) is 2.86. The van der Waals surface area contributed by atoms with Crippen molar-refractivity contribution in [3.8, 4) is 0 Å². The number of hydrogen-bond acceptors (Lipinski definition) is 4. The number of carbonyl (C=O) groups is 1. The van der Waals surface area contributed by atoms with Crippen LogP contribution in [0.5, 0.6) is 0 Å². The minimum Gasteiger partial charge on any atom is -0.339 e. The number of hydrogen-bond donors (Lipinski definition) is 1. The van der Waals surface area contributed by atoms with Crippen molar-refractivity contribution in [1.82, 2.24) is 10.2 Å². The Morgan fingerprint density at radius 3 is 2.71 bits per heavy atom. The van der Waals surface area contributed by atoms with E-state index in [0.29, 0.717) is 6.54 Å². The molecular weight excluding hydrogens is 240 g/mol. The molecular formula is C11H22N2O3S. The van der Waals surface area contributed by atoms with E-state index < -0.39 is 9.84 Å². The average molecular weight is 262 g/mol. The Labute approximate surface area is 103 Å². The summed E-state index contributed by atoms with van der Waals surface area (Å²) in [4.78, 5) is 13.7. The van der Waals surface area contributed by atoms with Crippen LogP contribution in [0.15, 0.2) is 0 Å². The summed E-state index contributed by atoms with van der Waals surface area (Å²) in [5.41, 5.74) is 0. The predicted octanol–water partition coefficient (Wildman–Crippen LogP) is 0.0216. The van der Waals surface area contributed by atoms with Crippen LogP contribution in [-0.4, -0.2) is 57.4 Å². The van der Waals surface area contributed by atoms with Gasteiger partial charge in [-0.05, 0) is 39.3 Å². The van der Waals surface area contributed by atoms with Crippen molar-refractivity contribution in [3.05, 3.63) is 0 Å². The van der Waals surface area contributed by atoms with Crippen LogP contribution in [0.4, 0.5) is 0 Å². The number of piperidine rings is 1. The molecule has 0 aromatic carbocycles. The third-order valence-electron chi connectivity index (χ3n) is 3.06. The summed E-state index contributed by atoms with van der Waals surface area (Å²) < 4.78 is 22.3. The molecule has 0 saturated carbocycles. The lowest BCUT2D eigenvalue weighted by Crippen LogP contribution is -2.46. The number of carbonyl (C=O) groups excluding carboxylic acids is 1. The normalized spacial score (nSPS) is 21.5. The van der Waals surface area contributed by atoms with Crippen LogP contribution in [0.1, 0.15) is 25.7 Å². The predicted molar refractivity (Wildman–Crippen MR) is 67.6 cm³/mol. The Morgan fingerprint density at radius 1 is 1.41 bits per heavy atom. The topological polar surface area (TPSA) is 66.5 Å². The van der Waals surface area contributed by atoms with Gasteiger partial charge in [-0.25, -0.2) is 8.42 Å². The maximum atomic E-state index is 11.9. The Kier molecular flexibility index (Phi) is 5.39. The second-order valence-corrected chi connectivity index (χ2v) is 6.84. The third kappa shape index (κ3) is 5.04. The second-order valence-electron chi connectivity index (χ2n) is 4.70. The van der Waals surface area contributed by atoms with E-state index in [0.717, 1.165) is 38.5 Å². The molecule has 1 N–H and O–H groups in total. The summed E-state index contributed by atoms with van der Waals surface area (Å²) in [5.74, 6) is -0.600. The Bertz CT molecular complexity index is 354. The van der Waals surface area contributed by atoms with E-state index in [1.165, 1.54) is 0 Å². The van der Waals surface area contributed by atoms with Gasteiger partial charge >= 0.3 is 0 Å². The summed E-state index contributed by atoms with van der Waals surface area (Å²) in [7, 11) is -1.34. The highest BCUT2D eigenvalue weighted by atomic mass is 32.2. The van der Waals surface area contributed by atoms with E-state index in [1.807, 2.05) is 7.05 Å². The van der Waals surface area contributed by atoms with Crippen molar-refractivity contribution < 1.29 is 13.2 Å². The molecule has 0 radical (unpaired) electrons. The fraction of sp³-hybridized carbons (Fsp3) is 0.909. The van der Waals surface area contributed by atoms with Crippen molar-refractivity contribution in [2.75, 3.05) is 32.1 Å². The molecule has 17 heavy (non-hydrogen) atoms. The van der Waals surface area contributed by atoms with E-state index in [1.54, 1.807) is 4.90 Å². The van der Waals surface area contributed by atoms with Gasteiger partial charge in [0.05, 0.1) is 0 Å². The number of sulfone groups is 1. The highest BCUT2D eigenvalue weighted by Gasteiger charge is 2.27. The molecule has 0 aliphatic carbocycles. The summed E-state index contributed by atoms with van der Waals surface area (Å²) in [5, 5.41) is 3.07. The van der Waals surface area contributed by atoms with Crippen molar-refractivity contribution in [2.45, 2.75) is 31.7 Å². The smallest absolute Gasteiger partial charge is 0.238 e. The molecule has 0 spiro atoms. The number of amides is 1. The van der Waals surface area contributed by atoms with Crippen LogP contribution in [0.25, 0.3) is 0 Å². The maximum Gasteiger partial charge on any atom is 0.238 e. The fourth-order valence-electron chi connectivity index (χ4n) is 2.25. The molecule has 1 unspecified atom stereocenters. The summed E-state index contributed by atoms with van der Waals surface area (Å²) in [6.07, 6.45) is 5.09. The quantitative estimate of drug-likeness (QED) is 0.758. The largest absolute Gasteiger partial charge is 0.339 e. The van der Waals surface area contributed by atoms with E-state index in [2.05, 4.69) is 5.32 Å². The van der Waals surface area contributed by atoms with Gasteiger partial charge < -0.3 is 10.2 Å². The first kappa shape index (κ1) is 14.4. The van der Waals surface area contributed by atoms with Crippen molar-refractivity contribution in [2.24, 2.45) is 0 Å². The van der Waals surface area contributed by atoms with E-state index >= 15 is 0 Å². The van der Waals surface area contributed by atoms with Gasteiger partial charge in [-0.1, -0.05) is 0 Å². The monoisotopic (exact) mass is 262 g/mol. The Balaban J connectivity index is 2.60. The van der Waals surface area contributed by atoms with Gasteiger partial charge in [0.15, 0.2) is 9.84 Å². The molecule has 0 aromatic rings. The summed E-state index contributed by atoms with van der Waals surface area (Å²) in [6, 6.07) is 0.199. The van der Waals surface area contributed by atoms with Crippen LogP contribution >= 0.6 is 0 Å². The molecule has 6 heteroatoms. The SMILES string of the molecule is CNCCC1CCCCN1C(=O)CS(C)(=O)=O. The molecule has 100 valence electrons. The van der Waals surface area contributed by atoms with Gasteiger partial charge in [0.2, 0.25) is 5.91 Å². The lowest BCUT2D eigenvalue weighted by molar-refractivity contribution is -0.132. The zero-order valence-electron chi connectivity index (χ0n) is 10.6. The molecule has 1 amide bonds. The van der Waals surface area contributed by atoms with Gasteiger partial charge in [-0.15, -0.1) is 0 Å². The first-order valence-corrected chi connectivity index (χ1v) is 8.12. The Hall–Kier alpha value is -0.620. The Morgan fingerprint density at radius 2 is 2.12 bits per heavy atom. The minimum atomic E-state index is -3.22. The molecule has 1 saturated heterocycles. The lowest BCUT2D eigenvalue weighted by Gasteiger charge is -2.35. The molecule has 0 aromatic heterocycles. The van der Waals surface area contributed by atoms with E-state index in [9.17, 15) is 13.2 Å². The molecule has 1 heterocycles. The molecule has 1 aliphatic heterocycles. The van der Waals surface area contributed by atoms with Gasteiger partial charge in [0, 0.05) is 18.8 Å². The van der Waals surface area contributed by atoms with Gasteiger partial charge in [-0.2, -0.15) is 0 Å². The van der Waals surface area contributed by atoms with Crippen LogP contribution in [0.3, 0.4) is 0 Å². The minimum absolute atomic E-state index is 0.199. The lowest BCUT2D eigenvalue weighted by atomic mass is 9.99. The molecule has 0 bridgehead atoms. The standard InChI is InChI=1S/C11H22N2O3S/c1-12-7-6-10-5-3-4-8-13(10)11(14)9-17(2,15)16/h10,12H,3-9H2,1-2H3. The number of likely N-dealkylation sites (tertiary alicyclic amines) is 1. The summed E-state index contributed by atoms with van der Waals surface area (Å²) in [6.45, 7) is 1.55. The molecule has 1 atom stereocenters. The molecule has 5 nitrogen and oxygen atoms in total. The first-order valence-electron chi connectivity index (χ1n) is 6.06. The second kappa shape index (κ2) is 6.35. The average Bonchev–Trinajstić information content (AvgIpc) is 2.24. The van der Waals surface area contributed by atoms with Gasteiger partial charge in [0.25, 0.3) is 0 Å². The third-order valence-corrected chi connectivity index (χ3v) is 3.83. The highest BCUT2D eigenvalue weighted by Crippen LogP contribution is 2.19. The first-order chi connectivity index (χ1) is 7.94. The number of nitrogens with one attached hydrogen (secondary N) is 1. The van der Waals surface area contributed by atoms with Gasteiger partial charge in [0.1, 0.15) is 5.75 Å². The highest BCUT2D eigenvalue weighted by molar-refractivity contribution is 7.91. The maximum absolute atomic E-state index is 11.9. The van der Waals surface area contributed by atoms with Crippen molar-refractivity contribution in [1.29, 1.82) is 0 Å². The van der Waals surface area contributed by atoms with Crippen molar-refractivity contribution >= 4 is 15.7 Å². The zero-order valence-corrected chi connectivity index (χ0v) is 11.4. The van der Waals surface area contributed by atoms with Gasteiger partial charge in [-0.3, -0.25) is 4.79 Å².